The lowest BCUT2D eigenvalue weighted by molar-refractivity contribution is 0.0391. The van der Waals surface area contributed by atoms with Gasteiger partial charge >= 0.3 is 0 Å². The average Bonchev–Trinajstić information content (AvgIpc) is 3.94. The van der Waals surface area contributed by atoms with Crippen molar-refractivity contribution in [3.05, 3.63) is 0 Å². The molecule has 0 aromatic carbocycles. The number of rotatable bonds is 19. The number of hydrogen-bond donors (Lipinski definition) is 4. The smallest absolute Gasteiger partial charge is 0.0754 e. The number of hydrogen-bond acceptors (Lipinski definition) is 5. The van der Waals surface area contributed by atoms with Crippen LogP contribution in [0.5, 0.6) is 0 Å². The molecule has 5 aliphatic rings. The maximum Gasteiger partial charge on any atom is 0.0754 e. The quantitative estimate of drug-likeness (QED) is 0.112. The summed E-state index contributed by atoms with van der Waals surface area (Å²) in [6.45, 7) is 11.0. The van der Waals surface area contributed by atoms with Crippen molar-refractivity contribution < 1.29 is 0 Å². The van der Waals surface area contributed by atoms with E-state index in [0.717, 1.165) is 12.6 Å². The number of nitrogens with zero attached hydrogens (tertiary/aromatic N) is 1. The second-order valence-electron chi connectivity index (χ2n) is 15.8. The Hall–Kier alpha value is -0.200. The summed E-state index contributed by atoms with van der Waals surface area (Å²) in [7, 11) is 0. The highest BCUT2D eigenvalue weighted by molar-refractivity contribution is 5.48. The molecular weight excluding hydrogens is 526 g/mol. The van der Waals surface area contributed by atoms with Gasteiger partial charge in [0.25, 0.3) is 0 Å². The molecule has 5 nitrogen and oxygen atoms in total. The zero-order valence-corrected chi connectivity index (χ0v) is 29.2. The van der Waals surface area contributed by atoms with Gasteiger partial charge in [-0.3, -0.25) is 5.43 Å². The van der Waals surface area contributed by atoms with Crippen molar-refractivity contribution in [2.75, 3.05) is 6.54 Å². The molecule has 4 atom stereocenters. The molecule has 0 spiro atoms. The van der Waals surface area contributed by atoms with Crippen molar-refractivity contribution in [1.82, 2.24) is 26.4 Å². The van der Waals surface area contributed by atoms with E-state index in [1.54, 1.807) is 0 Å². The van der Waals surface area contributed by atoms with E-state index in [0.29, 0.717) is 24.2 Å². The predicted molar refractivity (Wildman–Crippen MR) is 185 cm³/mol. The van der Waals surface area contributed by atoms with Crippen LogP contribution >= 0.6 is 0 Å². The van der Waals surface area contributed by atoms with Gasteiger partial charge in [0.2, 0.25) is 0 Å². The topological polar surface area (TPSA) is 51.4 Å². The highest BCUT2D eigenvalue weighted by atomic mass is 15.6. The van der Waals surface area contributed by atoms with Gasteiger partial charge in [-0.25, -0.2) is 5.01 Å². The SMILES string of the molecule is CCCCC(CN(NC1CC1)C1(CCC)C(CC)(NC2CCCCC2)C1(CCC)NC1CCCCC1)NC1CCCCC1. The summed E-state index contributed by atoms with van der Waals surface area (Å²) >= 11 is 0. The maximum atomic E-state index is 4.62. The summed E-state index contributed by atoms with van der Waals surface area (Å²) in [6, 6.07) is 3.32. The van der Waals surface area contributed by atoms with Crippen molar-refractivity contribution in [3.63, 3.8) is 0 Å². The molecule has 0 aliphatic heterocycles. The minimum atomic E-state index is 0.107. The zero-order chi connectivity index (χ0) is 30.2. The zero-order valence-electron chi connectivity index (χ0n) is 29.2. The molecule has 43 heavy (non-hydrogen) atoms. The first-order valence-corrected chi connectivity index (χ1v) is 19.9. The fourth-order valence-corrected chi connectivity index (χ4v) is 10.6. The van der Waals surface area contributed by atoms with Crippen LogP contribution in [0, 0.1) is 0 Å². The Morgan fingerprint density at radius 2 is 1.12 bits per heavy atom. The molecule has 0 saturated heterocycles. The highest BCUT2D eigenvalue weighted by Crippen LogP contribution is 2.68. The first-order chi connectivity index (χ1) is 21.1. The third-order valence-corrected chi connectivity index (χ3v) is 12.7. The minimum Gasteiger partial charge on any atom is -0.310 e. The molecule has 5 rings (SSSR count). The van der Waals surface area contributed by atoms with Gasteiger partial charge in [0.15, 0.2) is 0 Å². The van der Waals surface area contributed by atoms with Crippen LogP contribution in [0.25, 0.3) is 0 Å². The van der Waals surface area contributed by atoms with Gasteiger partial charge in [0.05, 0.1) is 16.6 Å². The molecule has 0 bridgehead atoms. The van der Waals surface area contributed by atoms with E-state index in [1.807, 2.05) is 0 Å². The summed E-state index contributed by atoms with van der Waals surface area (Å²) in [4.78, 5) is 0. The fraction of sp³-hybridized carbons (Fsp3) is 1.00. The van der Waals surface area contributed by atoms with Gasteiger partial charge in [-0.1, -0.05) is 111 Å². The van der Waals surface area contributed by atoms with E-state index < -0.39 is 0 Å². The molecular formula is C38H73N5. The molecule has 0 aromatic heterocycles. The normalized spacial score (nSPS) is 33.7. The Bertz CT molecular complexity index is 798. The van der Waals surface area contributed by atoms with Crippen molar-refractivity contribution in [2.45, 2.75) is 235 Å². The van der Waals surface area contributed by atoms with E-state index in [4.69, 9.17) is 0 Å². The Kier molecular flexibility index (Phi) is 12.8. The van der Waals surface area contributed by atoms with E-state index in [-0.39, 0.29) is 16.6 Å². The van der Waals surface area contributed by atoms with Gasteiger partial charge < -0.3 is 16.0 Å². The molecule has 0 radical (unpaired) electrons. The lowest BCUT2D eigenvalue weighted by Gasteiger charge is -2.42. The first-order valence-electron chi connectivity index (χ1n) is 19.9. The maximum absolute atomic E-state index is 4.62. The Balaban J connectivity index is 1.53. The Labute approximate surface area is 267 Å². The third-order valence-electron chi connectivity index (χ3n) is 12.7. The lowest BCUT2D eigenvalue weighted by atomic mass is 9.90. The lowest BCUT2D eigenvalue weighted by Crippen LogP contribution is -2.61. The van der Waals surface area contributed by atoms with Gasteiger partial charge in [-0.15, -0.1) is 0 Å². The van der Waals surface area contributed by atoms with Gasteiger partial charge in [0.1, 0.15) is 0 Å². The van der Waals surface area contributed by atoms with Crippen LogP contribution in [0.1, 0.15) is 188 Å². The fourth-order valence-electron chi connectivity index (χ4n) is 10.6. The summed E-state index contributed by atoms with van der Waals surface area (Å²) in [5.41, 5.74) is 4.66. The second kappa shape index (κ2) is 16.1. The van der Waals surface area contributed by atoms with Crippen LogP contribution < -0.4 is 21.4 Å². The summed E-state index contributed by atoms with van der Waals surface area (Å²) < 4.78 is 0. The first kappa shape index (κ1) is 34.1. The van der Waals surface area contributed by atoms with Crippen LogP contribution in [0.4, 0.5) is 0 Å². The van der Waals surface area contributed by atoms with Gasteiger partial charge in [-0.2, -0.15) is 0 Å². The van der Waals surface area contributed by atoms with E-state index >= 15 is 0 Å². The molecule has 4 unspecified atom stereocenters. The Morgan fingerprint density at radius 1 is 0.581 bits per heavy atom. The molecule has 0 heterocycles. The number of nitrogens with one attached hydrogen (secondary N) is 4. The number of hydrazine groups is 1. The van der Waals surface area contributed by atoms with E-state index in [9.17, 15) is 0 Å². The predicted octanol–water partition coefficient (Wildman–Crippen LogP) is 8.52. The highest BCUT2D eigenvalue weighted by Gasteiger charge is 2.87. The van der Waals surface area contributed by atoms with E-state index in [1.165, 1.54) is 161 Å². The molecule has 5 heteroatoms. The largest absolute Gasteiger partial charge is 0.310 e. The van der Waals surface area contributed by atoms with Gasteiger partial charge in [-0.05, 0) is 77.0 Å². The minimum absolute atomic E-state index is 0.107. The van der Waals surface area contributed by atoms with Crippen molar-refractivity contribution in [1.29, 1.82) is 0 Å². The van der Waals surface area contributed by atoms with Crippen LogP contribution in [0.3, 0.4) is 0 Å². The molecule has 4 N–H and O–H groups in total. The number of unbranched alkanes of at least 4 members (excludes halogenated alkanes) is 1. The second-order valence-corrected chi connectivity index (χ2v) is 15.8. The van der Waals surface area contributed by atoms with Crippen LogP contribution in [-0.4, -0.2) is 58.4 Å². The summed E-state index contributed by atoms with van der Waals surface area (Å²) in [5.74, 6) is 0. The molecule has 250 valence electrons. The van der Waals surface area contributed by atoms with Crippen LogP contribution in [-0.2, 0) is 0 Å². The summed E-state index contributed by atoms with van der Waals surface area (Å²) in [6.07, 6.45) is 33.9. The summed E-state index contributed by atoms with van der Waals surface area (Å²) in [5, 5.41) is 16.5. The van der Waals surface area contributed by atoms with E-state index in [2.05, 4.69) is 54.1 Å². The monoisotopic (exact) mass is 600 g/mol. The van der Waals surface area contributed by atoms with Gasteiger partial charge in [0, 0.05) is 36.8 Å². The molecule has 0 aromatic rings. The van der Waals surface area contributed by atoms with Crippen molar-refractivity contribution >= 4 is 0 Å². The van der Waals surface area contributed by atoms with Crippen LogP contribution in [0.2, 0.25) is 0 Å². The molecule has 0 amide bonds. The average molecular weight is 600 g/mol. The van der Waals surface area contributed by atoms with Crippen molar-refractivity contribution in [3.8, 4) is 0 Å². The van der Waals surface area contributed by atoms with Crippen LogP contribution in [0.15, 0.2) is 0 Å². The standard InChI is InChI=1S/C38H73N5/c1-5-9-19-35(39-31-20-13-10-14-21-31)30-43(42-34-26-27-34)38(29-7-3)36(8-4,40-32-22-15-11-16-23-32)37(38,28-6-2)41-33-24-17-12-18-25-33/h31-35,39-42H,5-30H2,1-4H3. The molecule has 5 saturated carbocycles. The third kappa shape index (κ3) is 7.37. The van der Waals surface area contributed by atoms with Crippen molar-refractivity contribution in [2.24, 2.45) is 0 Å². The molecule has 5 fully saturated rings. The molecule has 5 aliphatic carbocycles. The Morgan fingerprint density at radius 3 is 1.60 bits per heavy atom.